The first-order valence-electron chi connectivity index (χ1n) is 13.3. The van der Waals surface area contributed by atoms with E-state index >= 15 is 4.39 Å². The van der Waals surface area contributed by atoms with Gasteiger partial charge in [0.05, 0.1) is 42.4 Å². The van der Waals surface area contributed by atoms with Gasteiger partial charge in [-0.2, -0.15) is 0 Å². The zero-order valence-electron chi connectivity index (χ0n) is 22.1. The Hall–Kier alpha value is -3.37. The smallest absolute Gasteiger partial charge is 0.178 e. The maximum atomic E-state index is 15.1. The van der Waals surface area contributed by atoms with Crippen LogP contribution in [0.4, 0.5) is 20.2 Å². The van der Waals surface area contributed by atoms with Gasteiger partial charge in [0, 0.05) is 50.9 Å². The third-order valence-corrected chi connectivity index (χ3v) is 7.74. The summed E-state index contributed by atoms with van der Waals surface area (Å²) in [7, 11) is 2.15. The van der Waals surface area contributed by atoms with E-state index in [9.17, 15) is 4.39 Å². The van der Waals surface area contributed by atoms with Crippen LogP contribution in [0.2, 0.25) is 0 Å². The molecule has 8 nitrogen and oxygen atoms in total. The summed E-state index contributed by atoms with van der Waals surface area (Å²) in [5, 5.41) is 3.46. The van der Waals surface area contributed by atoms with Gasteiger partial charge in [0.2, 0.25) is 0 Å². The number of benzene rings is 1. The summed E-state index contributed by atoms with van der Waals surface area (Å²) in [5.74, 6) is -0.458. The molecule has 0 spiro atoms. The Balaban J connectivity index is 1.32. The summed E-state index contributed by atoms with van der Waals surface area (Å²) < 4.78 is 35.6. The largest absolute Gasteiger partial charge is 0.486 e. The molecule has 38 heavy (non-hydrogen) atoms. The zero-order valence-corrected chi connectivity index (χ0v) is 22.1. The molecule has 6 rings (SSSR count). The number of rotatable bonds is 5. The first-order valence-corrected chi connectivity index (χ1v) is 13.3. The number of pyridine rings is 1. The summed E-state index contributed by atoms with van der Waals surface area (Å²) >= 11 is 0. The molecule has 3 aliphatic rings. The number of hydrogen-bond donors (Lipinski definition) is 1. The molecule has 0 aliphatic carbocycles. The quantitative estimate of drug-likeness (QED) is 0.548. The van der Waals surface area contributed by atoms with E-state index in [-0.39, 0.29) is 17.5 Å². The van der Waals surface area contributed by atoms with Crippen LogP contribution >= 0.6 is 0 Å². The maximum absolute atomic E-state index is 15.1. The van der Waals surface area contributed by atoms with Crippen molar-refractivity contribution in [1.29, 1.82) is 0 Å². The molecule has 1 N–H and O–H groups in total. The fraction of sp³-hybridized carbons (Fsp3) is 0.464. The van der Waals surface area contributed by atoms with Gasteiger partial charge in [0.25, 0.3) is 0 Å². The molecule has 2 aromatic heterocycles. The Labute approximate surface area is 221 Å². The minimum absolute atomic E-state index is 0.0785. The Morgan fingerprint density at radius 1 is 0.947 bits per heavy atom. The van der Waals surface area contributed by atoms with Gasteiger partial charge in [0.15, 0.2) is 17.4 Å². The summed E-state index contributed by atoms with van der Waals surface area (Å²) in [5.41, 5.74) is 5.57. The van der Waals surface area contributed by atoms with Gasteiger partial charge in [-0.25, -0.2) is 18.7 Å². The molecule has 1 saturated heterocycles. The van der Waals surface area contributed by atoms with Crippen molar-refractivity contribution in [2.24, 2.45) is 0 Å². The molecular weight excluding hydrogens is 488 g/mol. The third-order valence-electron chi connectivity index (χ3n) is 7.74. The summed E-state index contributed by atoms with van der Waals surface area (Å²) in [6, 6.07) is 3.20. The molecule has 0 amide bonds. The highest BCUT2D eigenvalue weighted by Gasteiger charge is 2.27. The lowest BCUT2D eigenvalue weighted by molar-refractivity contribution is 0.287. The number of halogens is 2. The highest BCUT2D eigenvalue weighted by Crippen LogP contribution is 2.39. The first-order chi connectivity index (χ1) is 18.4. The van der Waals surface area contributed by atoms with Crippen LogP contribution in [0.3, 0.4) is 0 Å². The van der Waals surface area contributed by atoms with Crippen LogP contribution in [0, 0.1) is 11.6 Å². The minimum Gasteiger partial charge on any atom is -0.486 e. The Kier molecular flexibility index (Phi) is 6.61. The Morgan fingerprint density at radius 3 is 2.53 bits per heavy atom. The van der Waals surface area contributed by atoms with E-state index in [1.807, 2.05) is 20.0 Å². The number of aromatic nitrogens is 3. The number of likely N-dealkylation sites (N-methyl/N-ethyl adjacent to an activating group) is 1. The van der Waals surface area contributed by atoms with E-state index in [4.69, 9.17) is 9.72 Å². The van der Waals surface area contributed by atoms with Crippen LogP contribution in [0.1, 0.15) is 36.5 Å². The van der Waals surface area contributed by atoms with Crippen LogP contribution in [0.15, 0.2) is 24.5 Å². The van der Waals surface area contributed by atoms with Crippen LogP contribution in [0.5, 0.6) is 5.75 Å². The molecule has 1 aromatic carbocycles. The predicted molar refractivity (Wildman–Crippen MR) is 143 cm³/mol. The topological polar surface area (TPSA) is 69.7 Å². The molecule has 3 aromatic rings. The second-order valence-electron chi connectivity index (χ2n) is 10.5. The first kappa shape index (κ1) is 24.9. The van der Waals surface area contributed by atoms with Gasteiger partial charge in [-0.15, -0.1) is 0 Å². The summed E-state index contributed by atoms with van der Waals surface area (Å²) in [4.78, 5) is 20.4. The third kappa shape index (κ3) is 4.56. The lowest BCUT2D eigenvalue weighted by atomic mass is 10.0. The highest BCUT2D eigenvalue weighted by molar-refractivity contribution is 5.72. The fourth-order valence-corrected chi connectivity index (χ4v) is 5.63. The number of piperazine rings is 1. The number of fused-ring (bicyclic) bond motifs is 2. The summed E-state index contributed by atoms with van der Waals surface area (Å²) in [6.45, 7) is 10.7. The Bertz CT molecular complexity index is 1360. The maximum Gasteiger partial charge on any atom is 0.178 e. The number of ether oxygens (including phenoxy) is 1. The highest BCUT2D eigenvalue weighted by atomic mass is 19.1. The molecule has 10 heteroatoms. The number of nitrogens with one attached hydrogen (secondary N) is 1. The van der Waals surface area contributed by atoms with Gasteiger partial charge in [-0.05, 0) is 44.2 Å². The van der Waals surface area contributed by atoms with Crippen molar-refractivity contribution in [1.82, 2.24) is 25.2 Å². The Morgan fingerprint density at radius 2 is 1.74 bits per heavy atom. The van der Waals surface area contributed by atoms with Crippen LogP contribution < -0.4 is 19.9 Å². The van der Waals surface area contributed by atoms with Gasteiger partial charge in [-0.1, -0.05) is 0 Å². The van der Waals surface area contributed by atoms with Gasteiger partial charge >= 0.3 is 0 Å². The predicted octanol–water partition coefficient (Wildman–Crippen LogP) is 3.37. The van der Waals surface area contributed by atoms with Gasteiger partial charge in [-0.3, -0.25) is 4.98 Å². The fourth-order valence-electron chi connectivity index (χ4n) is 5.63. The molecule has 0 atom stereocenters. The normalized spacial score (nSPS) is 17.5. The second-order valence-corrected chi connectivity index (χ2v) is 10.5. The van der Waals surface area contributed by atoms with Crippen LogP contribution in [0.25, 0.3) is 11.3 Å². The SMILES string of the molecule is CC(C)N1CCOc2c(F)cc(-c3nc(Cc4ncc(N5CCN(C)CC5)c5c4CNC5)ncc3F)cc21. The van der Waals surface area contributed by atoms with Crippen molar-refractivity contribution in [3.63, 3.8) is 0 Å². The lowest BCUT2D eigenvalue weighted by Crippen LogP contribution is -2.45. The molecule has 0 saturated carbocycles. The van der Waals surface area contributed by atoms with Crippen molar-refractivity contribution in [2.75, 3.05) is 56.2 Å². The molecular formula is C28H33F2N7O. The van der Waals surface area contributed by atoms with Crippen LogP contribution in [-0.4, -0.2) is 72.3 Å². The van der Waals surface area contributed by atoms with E-state index in [2.05, 4.69) is 37.0 Å². The van der Waals surface area contributed by atoms with E-state index in [1.165, 1.54) is 29.1 Å². The average Bonchev–Trinajstić information content (AvgIpc) is 3.41. The average molecular weight is 522 g/mol. The van der Waals surface area contributed by atoms with Crippen LogP contribution in [-0.2, 0) is 19.5 Å². The molecule has 1 fully saturated rings. The van der Waals surface area contributed by atoms with Gasteiger partial charge in [0.1, 0.15) is 18.1 Å². The van der Waals surface area contributed by atoms with Crippen molar-refractivity contribution < 1.29 is 13.5 Å². The summed E-state index contributed by atoms with van der Waals surface area (Å²) in [6.07, 6.45) is 3.49. The van der Waals surface area contributed by atoms with Crippen molar-refractivity contribution >= 4 is 11.4 Å². The molecule has 0 unspecified atom stereocenters. The molecule has 200 valence electrons. The number of hydrogen-bond acceptors (Lipinski definition) is 8. The number of anilines is 2. The van der Waals surface area contributed by atoms with Crippen molar-refractivity contribution in [3.05, 3.63) is 58.8 Å². The van der Waals surface area contributed by atoms with Crippen molar-refractivity contribution in [3.8, 4) is 17.0 Å². The van der Waals surface area contributed by atoms with Crippen molar-refractivity contribution in [2.45, 2.75) is 39.4 Å². The lowest BCUT2D eigenvalue weighted by Gasteiger charge is -2.35. The van der Waals surface area contributed by atoms with E-state index in [1.54, 1.807) is 6.07 Å². The van der Waals surface area contributed by atoms with E-state index < -0.39 is 11.6 Å². The molecule has 0 radical (unpaired) electrons. The van der Waals surface area contributed by atoms with E-state index in [0.29, 0.717) is 36.6 Å². The number of nitrogens with zero attached hydrogens (tertiary/aromatic N) is 6. The van der Waals surface area contributed by atoms with Gasteiger partial charge < -0.3 is 24.8 Å². The molecule has 3 aliphatic heterocycles. The standard InChI is InChI=1S/C28H33F2N7O/c1-17(2)37-8-9-38-28-21(29)10-18(11-24(28)37)27-22(30)15-33-26(34-27)12-23-19-13-31-14-20(19)25(16-32-23)36-6-4-35(3)5-7-36/h10-11,15-17,31H,4-9,12-14H2,1-3H3. The zero-order chi connectivity index (χ0) is 26.4. The molecule has 0 bridgehead atoms. The monoisotopic (exact) mass is 521 g/mol. The second kappa shape index (κ2) is 10.1. The minimum atomic E-state index is -0.591. The van der Waals surface area contributed by atoms with E-state index in [0.717, 1.165) is 45.0 Å². The molecule has 5 heterocycles.